The Balaban J connectivity index is 1.56. The van der Waals surface area contributed by atoms with Crippen molar-refractivity contribution in [2.24, 2.45) is 5.92 Å². The summed E-state index contributed by atoms with van der Waals surface area (Å²) in [5, 5.41) is 9.38. The normalized spacial score (nSPS) is 18.3. The SMILES string of the molecule is Cc1cc(C)c(Cn2c3ccccc3c3cnn(CC(=O)N[C@H]4CCCC[C@@H]4C)c(=O)c32)c(C)c1. The van der Waals surface area contributed by atoms with Crippen molar-refractivity contribution in [1.29, 1.82) is 0 Å². The number of hydrogen-bond acceptors (Lipinski definition) is 3. The quantitative estimate of drug-likeness (QED) is 0.445. The molecule has 4 aromatic rings. The van der Waals surface area contributed by atoms with Crippen LogP contribution in [0.2, 0.25) is 0 Å². The van der Waals surface area contributed by atoms with Gasteiger partial charge in [0.15, 0.2) is 0 Å². The van der Waals surface area contributed by atoms with E-state index in [-0.39, 0.29) is 24.1 Å². The molecule has 1 saturated carbocycles. The third-order valence-corrected chi connectivity index (χ3v) is 7.68. The summed E-state index contributed by atoms with van der Waals surface area (Å²) < 4.78 is 3.41. The highest BCUT2D eigenvalue weighted by Gasteiger charge is 2.24. The van der Waals surface area contributed by atoms with E-state index >= 15 is 0 Å². The molecule has 35 heavy (non-hydrogen) atoms. The van der Waals surface area contributed by atoms with Gasteiger partial charge in [0, 0.05) is 28.9 Å². The van der Waals surface area contributed by atoms with Gasteiger partial charge in [-0.25, -0.2) is 4.68 Å². The third-order valence-electron chi connectivity index (χ3n) is 7.68. The molecule has 1 N–H and O–H groups in total. The molecule has 182 valence electrons. The molecule has 1 fully saturated rings. The Morgan fingerprint density at radius 2 is 1.77 bits per heavy atom. The Hall–Kier alpha value is -3.41. The number of amides is 1. The summed E-state index contributed by atoms with van der Waals surface area (Å²) in [5.41, 5.74) is 6.24. The molecule has 2 aromatic heterocycles. The number of rotatable bonds is 5. The van der Waals surface area contributed by atoms with Gasteiger partial charge in [-0.05, 0) is 62.3 Å². The van der Waals surface area contributed by atoms with Crippen molar-refractivity contribution in [3.63, 3.8) is 0 Å². The van der Waals surface area contributed by atoms with E-state index in [1.165, 1.54) is 33.4 Å². The van der Waals surface area contributed by atoms with Gasteiger partial charge in [-0.1, -0.05) is 55.7 Å². The number of para-hydroxylation sites is 1. The first-order valence-corrected chi connectivity index (χ1v) is 12.7. The van der Waals surface area contributed by atoms with E-state index in [0.29, 0.717) is 18.0 Å². The number of fused-ring (bicyclic) bond motifs is 3. The molecule has 5 rings (SSSR count). The lowest BCUT2D eigenvalue weighted by Gasteiger charge is -2.29. The Morgan fingerprint density at radius 3 is 2.51 bits per heavy atom. The minimum atomic E-state index is -0.229. The number of carbonyl (C=O) groups is 1. The number of aromatic nitrogens is 3. The summed E-state index contributed by atoms with van der Waals surface area (Å²) in [6.45, 7) is 9.07. The van der Waals surface area contributed by atoms with Crippen LogP contribution in [-0.4, -0.2) is 26.3 Å². The van der Waals surface area contributed by atoms with E-state index in [0.717, 1.165) is 35.6 Å². The summed E-state index contributed by atoms with van der Waals surface area (Å²) in [4.78, 5) is 26.6. The Kier molecular flexibility index (Phi) is 6.22. The van der Waals surface area contributed by atoms with Gasteiger partial charge in [0.2, 0.25) is 5.91 Å². The van der Waals surface area contributed by atoms with Crippen LogP contribution in [0, 0.1) is 26.7 Å². The standard InChI is InChI=1S/C29H34N4O2/c1-18-13-20(3)24(21(4)14-18)16-32-26-12-8-6-10-22(26)23-15-30-33(29(35)28(23)32)17-27(34)31-25-11-7-5-9-19(25)2/h6,8,10,12-15,19,25H,5,7,9,11,16-17H2,1-4H3,(H,31,34)/t19-,25-/m0/s1. The summed E-state index contributed by atoms with van der Waals surface area (Å²) in [6.07, 6.45) is 6.22. The zero-order valence-electron chi connectivity index (χ0n) is 21.1. The van der Waals surface area contributed by atoms with Crippen molar-refractivity contribution in [2.75, 3.05) is 0 Å². The first kappa shape index (κ1) is 23.3. The predicted octanol–water partition coefficient (Wildman–Crippen LogP) is 5.02. The van der Waals surface area contributed by atoms with Crippen LogP contribution >= 0.6 is 0 Å². The molecule has 2 atom stereocenters. The van der Waals surface area contributed by atoms with Gasteiger partial charge in [0.1, 0.15) is 12.1 Å². The van der Waals surface area contributed by atoms with Crippen LogP contribution < -0.4 is 10.9 Å². The van der Waals surface area contributed by atoms with E-state index in [1.807, 2.05) is 18.2 Å². The van der Waals surface area contributed by atoms with Gasteiger partial charge in [0.25, 0.3) is 5.56 Å². The molecule has 0 unspecified atom stereocenters. The first-order valence-electron chi connectivity index (χ1n) is 12.7. The van der Waals surface area contributed by atoms with Crippen LogP contribution in [0.4, 0.5) is 0 Å². The maximum absolute atomic E-state index is 13.7. The molecule has 1 aliphatic carbocycles. The van der Waals surface area contributed by atoms with Crippen LogP contribution in [0.15, 0.2) is 47.4 Å². The molecule has 0 aliphatic heterocycles. The van der Waals surface area contributed by atoms with Crippen LogP contribution in [0.3, 0.4) is 0 Å². The zero-order chi connectivity index (χ0) is 24.7. The third kappa shape index (κ3) is 4.38. The fraction of sp³-hybridized carbons (Fsp3) is 0.414. The van der Waals surface area contributed by atoms with E-state index < -0.39 is 0 Å². The van der Waals surface area contributed by atoms with Crippen molar-refractivity contribution in [1.82, 2.24) is 19.7 Å². The van der Waals surface area contributed by atoms with Gasteiger partial charge in [0.05, 0.1) is 6.20 Å². The van der Waals surface area contributed by atoms with Gasteiger partial charge in [-0.3, -0.25) is 9.59 Å². The van der Waals surface area contributed by atoms with Crippen LogP contribution in [-0.2, 0) is 17.9 Å². The molecule has 0 radical (unpaired) electrons. The van der Waals surface area contributed by atoms with E-state index in [9.17, 15) is 9.59 Å². The Morgan fingerprint density at radius 1 is 1.06 bits per heavy atom. The Labute approximate surface area is 206 Å². The molecule has 0 spiro atoms. The second-order valence-corrected chi connectivity index (χ2v) is 10.3. The second-order valence-electron chi connectivity index (χ2n) is 10.3. The molecular formula is C29H34N4O2. The van der Waals surface area contributed by atoms with E-state index in [1.54, 1.807) is 6.20 Å². The van der Waals surface area contributed by atoms with Crippen molar-refractivity contribution < 1.29 is 4.79 Å². The van der Waals surface area contributed by atoms with Crippen LogP contribution in [0.5, 0.6) is 0 Å². The van der Waals surface area contributed by atoms with E-state index in [2.05, 4.69) is 60.9 Å². The molecule has 0 saturated heterocycles. The van der Waals surface area contributed by atoms with Crippen LogP contribution in [0.25, 0.3) is 21.8 Å². The van der Waals surface area contributed by atoms with Crippen molar-refractivity contribution in [2.45, 2.75) is 72.5 Å². The average molecular weight is 471 g/mol. The predicted molar refractivity (Wildman–Crippen MR) is 141 cm³/mol. The fourth-order valence-electron chi connectivity index (χ4n) is 5.81. The minimum Gasteiger partial charge on any atom is -0.351 e. The number of hydrogen-bond donors (Lipinski definition) is 1. The van der Waals surface area contributed by atoms with Crippen molar-refractivity contribution in [3.05, 3.63) is 75.2 Å². The lowest BCUT2D eigenvalue weighted by Crippen LogP contribution is -2.43. The molecule has 6 heteroatoms. The smallest absolute Gasteiger partial charge is 0.291 e. The lowest BCUT2D eigenvalue weighted by atomic mass is 9.86. The highest BCUT2D eigenvalue weighted by molar-refractivity contribution is 6.07. The van der Waals surface area contributed by atoms with Crippen LogP contribution in [0.1, 0.15) is 54.9 Å². The lowest BCUT2D eigenvalue weighted by molar-refractivity contribution is -0.123. The van der Waals surface area contributed by atoms with E-state index in [4.69, 9.17) is 0 Å². The number of aryl methyl sites for hydroxylation is 3. The van der Waals surface area contributed by atoms with Crippen molar-refractivity contribution in [3.8, 4) is 0 Å². The summed E-state index contributed by atoms with van der Waals surface area (Å²) in [7, 11) is 0. The van der Waals surface area contributed by atoms with Gasteiger partial charge in [-0.2, -0.15) is 5.10 Å². The minimum absolute atomic E-state index is 0.0674. The first-order chi connectivity index (χ1) is 16.8. The summed E-state index contributed by atoms with van der Waals surface area (Å²) in [5.74, 6) is 0.314. The molecule has 6 nitrogen and oxygen atoms in total. The zero-order valence-corrected chi connectivity index (χ0v) is 21.1. The monoisotopic (exact) mass is 470 g/mol. The van der Waals surface area contributed by atoms with Crippen molar-refractivity contribution >= 4 is 27.7 Å². The van der Waals surface area contributed by atoms with Gasteiger partial charge in [-0.15, -0.1) is 0 Å². The highest BCUT2D eigenvalue weighted by Crippen LogP contribution is 2.29. The molecule has 2 heterocycles. The number of carbonyl (C=O) groups excluding carboxylic acids is 1. The topological polar surface area (TPSA) is 68.9 Å². The maximum Gasteiger partial charge on any atom is 0.291 e. The molecule has 1 aliphatic rings. The number of nitrogens with one attached hydrogen (secondary N) is 1. The largest absolute Gasteiger partial charge is 0.351 e. The fourth-order valence-corrected chi connectivity index (χ4v) is 5.81. The maximum atomic E-state index is 13.7. The summed E-state index contributed by atoms with van der Waals surface area (Å²) in [6, 6.07) is 12.6. The molecule has 1 amide bonds. The number of nitrogens with zero attached hydrogens (tertiary/aromatic N) is 3. The number of benzene rings is 2. The summed E-state index contributed by atoms with van der Waals surface area (Å²) >= 11 is 0. The van der Waals surface area contributed by atoms with Gasteiger partial charge < -0.3 is 9.88 Å². The highest BCUT2D eigenvalue weighted by atomic mass is 16.2. The molecular weight excluding hydrogens is 436 g/mol. The molecule has 0 bridgehead atoms. The van der Waals surface area contributed by atoms with Gasteiger partial charge >= 0.3 is 0 Å². The average Bonchev–Trinajstić information content (AvgIpc) is 3.14. The molecule has 2 aromatic carbocycles. The Bertz CT molecular complexity index is 1460. The second kappa shape index (κ2) is 9.33.